The lowest BCUT2D eigenvalue weighted by atomic mass is 9.59. The Morgan fingerprint density at radius 2 is 1.79 bits per heavy atom. The van der Waals surface area contributed by atoms with Gasteiger partial charge >= 0.3 is 6.18 Å². The molecule has 0 N–H and O–H groups in total. The zero-order valence-corrected chi connectivity index (χ0v) is 13.8. The summed E-state index contributed by atoms with van der Waals surface area (Å²) in [5.74, 6) is -3.55. The maximum atomic E-state index is 13.2. The number of fused-ring (bicyclic) bond motifs is 2. The number of carbonyl (C=O) groups is 1. The molecule has 4 heterocycles. The SMILES string of the molecule is C[C@@H]1CC[C@@H]2[C@]34OO[C@@](C)(CC[C@@H]13)O[C@H]4O[C@]2(C)C(=O)C(F)(F)F. The highest BCUT2D eigenvalue weighted by Gasteiger charge is 2.77. The van der Waals surface area contributed by atoms with Crippen LogP contribution in [0.25, 0.3) is 0 Å². The van der Waals surface area contributed by atoms with E-state index in [0.29, 0.717) is 25.7 Å². The molecule has 1 aliphatic carbocycles. The fraction of sp³-hybridized carbons (Fsp3) is 0.938. The van der Waals surface area contributed by atoms with Crippen molar-refractivity contribution in [2.24, 2.45) is 17.8 Å². The summed E-state index contributed by atoms with van der Waals surface area (Å²) in [5, 5.41) is 0. The second-order valence-electron chi connectivity index (χ2n) is 7.91. The minimum absolute atomic E-state index is 0.0755. The van der Waals surface area contributed by atoms with Crippen LogP contribution >= 0.6 is 0 Å². The topological polar surface area (TPSA) is 54.0 Å². The smallest absolute Gasteiger partial charge is 0.335 e. The molecule has 0 aromatic carbocycles. The van der Waals surface area contributed by atoms with E-state index in [1.54, 1.807) is 6.92 Å². The van der Waals surface area contributed by atoms with Crippen LogP contribution in [0.1, 0.15) is 46.5 Å². The quantitative estimate of drug-likeness (QED) is 0.680. The third-order valence-electron chi connectivity index (χ3n) is 6.44. The Balaban J connectivity index is 1.82. The molecule has 24 heavy (non-hydrogen) atoms. The van der Waals surface area contributed by atoms with Crippen molar-refractivity contribution in [3.05, 3.63) is 0 Å². The van der Waals surface area contributed by atoms with Crippen molar-refractivity contribution in [1.29, 1.82) is 0 Å². The van der Waals surface area contributed by atoms with Gasteiger partial charge in [-0.25, -0.2) is 9.78 Å². The number of ketones is 1. The number of carbonyl (C=O) groups excluding carboxylic acids is 1. The number of hydrogen-bond donors (Lipinski definition) is 0. The Morgan fingerprint density at radius 3 is 2.46 bits per heavy atom. The molecule has 5 fully saturated rings. The van der Waals surface area contributed by atoms with Gasteiger partial charge in [0.2, 0.25) is 5.79 Å². The number of Topliss-reactive ketones (excluding diaryl/α,β-unsaturated/α-hetero) is 1. The first kappa shape index (κ1) is 16.8. The summed E-state index contributed by atoms with van der Waals surface area (Å²) in [6.45, 7) is 4.95. The molecule has 4 aliphatic heterocycles. The Morgan fingerprint density at radius 1 is 1.08 bits per heavy atom. The van der Waals surface area contributed by atoms with Crippen molar-refractivity contribution in [2.45, 2.75) is 75.9 Å². The van der Waals surface area contributed by atoms with Gasteiger partial charge in [-0.3, -0.25) is 4.79 Å². The van der Waals surface area contributed by atoms with E-state index >= 15 is 0 Å². The average Bonchev–Trinajstić information content (AvgIpc) is 2.58. The van der Waals surface area contributed by atoms with Gasteiger partial charge in [0.1, 0.15) is 5.60 Å². The molecule has 1 spiro atoms. The van der Waals surface area contributed by atoms with E-state index in [1.807, 2.05) is 0 Å². The molecule has 0 amide bonds. The largest absolute Gasteiger partial charge is 0.453 e. The minimum Gasteiger partial charge on any atom is -0.335 e. The fourth-order valence-corrected chi connectivity index (χ4v) is 5.20. The van der Waals surface area contributed by atoms with Crippen LogP contribution in [0.5, 0.6) is 0 Å². The van der Waals surface area contributed by atoms with Gasteiger partial charge in [-0.15, -0.1) is 0 Å². The Hall–Kier alpha value is -0.700. The first-order chi connectivity index (χ1) is 11.0. The number of rotatable bonds is 1. The van der Waals surface area contributed by atoms with Gasteiger partial charge in [-0.05, 0) is 44.9 Å². The maximum Gasteiger partial charge on any atom is 0.453 e. The van der Waals surface area contributed by atoms with Gasteiger partial charge in [-0.2, -0.15) is 13.2 Å². The molecule has 0 aromatic rings. The van der Waals surface area contributed by atoms with Crippen LogP contribution in [0.3, 0.4) is 0 Å². The molecule has 4 saturated heterocycles. The molecule has 8 heteroatoms. The summed E-state index contributed by atoms with van der Waals surface area (Å²) in [6, 6.07) is 0. The highest BCUT2D eigenvalue weighted by molar-refractivity contribution is 5.92. The van der Waals surface area contributed by atoms with E-state index in [2.05, 4.69) is 6.92 Å². The normalized spacial score (nSPS) is 53.6. The van der Waals surface area contributed by atoms with Crippen LogP contribution in [0.15, 0.2) is 0 Å². The Labute approximate surface area is 137 Å². The molecule has 5 aliphatic rings. The predicted molar refractivity (Wildman–Crippen MR) is 73.3 cm³/mol. The molecule has 2 bridgehead atoms. The van der Waals surface area contributed by atoms with Crippen LogP contribution in [0.4, 0.5) is 13.2 Å². The average molecular weight is 350 g/mol. The van der Waals surface area contributed by atoms with Crippen molar-refractivity contribution in [1.82, 2.24) is 0 Å². The van der Waals surface area contributed by atoms with Crippen LogP contribution < -0.4 is 0 Å². The van der Waals surface area contributed by atoms with Crippen molar-refractivity contribution >= 4 is 5.78 Å². The second kappa shape index (κ2) is 4.72. The van der Waals surface area contributed by atoms with Gasteiger partial charge in [0.25, 0.3) is 5.78 Å². The molecule has 0 aromatic heterocycles. The first-order valence-corrected chi connectivity index (χ1v) is 8.37. The Kier molecular flexibility index (Phi) is 3.29. The summed E-state index contributed by atoms with van der Waals surface area (Å²) in [6.07, 6.45) is -3.63. The van der Waals surface area contributed by atoms with Crippen molar-refractivity contribution < 1.29 is 37.2 Å². The van der Waals surface area contributed by atoms with Gasteiger partial charge < -0.3 is 9.47 Å². The maximum absolute atomic E-state index is 13.2. The summed E-state index contributed by atoms with van der Waals surface area (Å²) < 4.78 is 51.1. The molecule has 0 unspecified atom stereocenters. The Bertz CT molecular complexity index is 581. The minimum atomic E-state index is -4.98. The molecule has 5 nitrogen and oxygen atoms in total. The number of ether oxygens (including phenoxy) is 2. The van der Waals surface area contributed by atoms with Gasteiger partial charge in [0.15, 0.2) is 11.9 Å². The lowest BCUT2D eigenvalue weighted by Crippen LogP contribution is -2.62. The molecule has 136 valence electrons. The first-order valence-electron chi connectivity index (χ1n) is 8.37. The lowest BCUT2D eigenvalue weighted by molar-refractivity contribution is -0.541. The summed E-state index contributed by atoms with van der Waals surface area (Å²) in [7, 11) is 0. The number of hydrogen-bond acceptors (Lipinski definition) is 5. The third-order valence-corrected chi connectivity index (χ3v) is 6.44. The molecular weight excluding hydrogens is 329 g/mol. The van der Waals surface area contributed by atoms with Crippen LogP contribution in [-0.2, 0) is 24.0 Å². The van der Waals surface area contributed by atoms with Crippen LogP contribution in [0.2, 0.25) is 0 Å². The van der Waals surface area contributed by atoms with Crippen LogP contribution in [0, 0.1) is 17.8 Å². The summed E-state index contributed by atoms with van der Waals surface area (Å²) in [5.41, 5.74) is -3.18. The highest BCUT2D eigenvalue weighted by Crippen LogP contribution is 2.63. The standard InChI is InChI=1S/C16H21F3O5/c1-8-4-5-10-14(3,11(20)16(17,18)19)22-12-15(10)9(8)6-7-13(2,21-12)23-24-15/h8-10,12H,4-7H2,1-3H3/t8-,9+,10+,12+,13+,14+,15-/m1/s1. The van der Waals surface area contributed by atoms with Gasteiger partial charge in [0, 0.05) is 12.3 Å². The molecule has 5 rings (SSSR count). The van der Waals surface area contributed by atoms with E-state index in [-0.39, 0.29) is 11.8 Å². The van der Waals surface area contributed by atoms with Crippen molar-refractivity contribution in [3.8, 4) is 0 Å². The zero-order valence-electron chi connectivity index (χ0n) is 13.8. The van der Waals surface area contributed by atoms with Gasteiger partial charge in [0.05, 0.1) is 0 Å². The fourth-order valence-electron chi connectivity index (χ4n) is 5.20. The summed E-state index contributed by atoms with van der Waals surface area (Å²) >= 11 is 0. The number of alkyl halides is 3. The second-order valence-corrected chi connectivity index (χ2v) is 7.91. The van der Waals surface area contributed by atoms with Crippen molar-refractivity contribution in [2.75, 3.05) is 0 Å². The van der Waals surface area contributed by atoms with E-state index < -0.39 is 41.2 Å². The predicted octanol–water partition coefficient (Wildman–Crippen LogP) is 3.12. The number of halogens is 3. The van der Waals surface area contributed by atoms with Crippen LogP contribution in [-0.4, -0.2) is 35.2 Å². The highest BCUT2D eigenvalue weighted by atomic mass is 19.4. The summed E-state index contributed by atoms with van der Waals surface area (Å²) in [4.78, 5) is 23.3. The van der Waals surface area contributed by atoms with E-state index in [0.717, 1.165) is 0 Å². The molecule has 1 saturated carbocycles. The molecule has 7 atom stereocenters. The molecular formula is C16H21F3O5. The van der Waals surface area contributed by atoms with Gasteiger partial charge in [-0.1, -0.05) is 6.92 Å². The molecule has 0 radical (unpaired) electrons. The van der Waals surface area contributed by atoms with E-state index in [1.165, 1.54) is 6.92 Å². The monoisotopic (exact) mass is 350 g/mol. The lowest BCUT2D eigenvalue weighted by Gasteiger charge is -2.50. The zero-order chi connectivity index (χ0) is 17.5. The van der Waals surface area contributed by atoms with E-state index in [4.69, 9.17) is 19.2 Å². The third kappa shape index (κ3) is 1.94. The van der Waals surface area contributed by atoms with E-state index in [9.17, 15) is 18.0 Å². The van der Waals surface area contributed by atoms with Crippen molar-refractivity contribution in [3.63, 3.8) is 0 Å².